The van der Waals surface area contributed by atoms with Crippen molar-refractivity contribution in [3.8, 4) is 0 Å². The number of halogens is 2. The van der Waals surface area contributed by atoms with Crippen molar-refractivity contribution in [2.45, 2.75) is 0 Å². The predicted octanol–water partition coefficient (Wildman–Crippen LogP) is -4.40. The zero-order valence-electron chi connectivity index (χ0n) is 4.63. The van der Waals surface area contributed by atoms with Crippen molar-refractivity contribution < 1.29 is 51.5 Å². The van der Waals surface area contributed by atoms with E-state index in [0.29, 0.717) is 0 Å². The molecular formula is H14Cl2MnO7. The molecule has 0 aliphatic heterocycles. The van der Waals surface area contributed by atoms with Gasteiger partial charge in [-0.15, -0.1) is 0 Å². The first kappa shape index (κ1) is 131. The van der Waals surface area contributed by atoms with Gasteiger partial charge in [0.2, 0.25) is 0 Å². The Morgan fingerprint density at radius 1 is 0.500 bits per heavy atom. The fourth-order valence-electron chi connectivity index (χ4n) is 0. The molecule has 0 radical (unpaired) electrons. The van der Waals surface area contributed by atoms with Crippen LogP contribution in [-0.2, 0) is 13.1 Å². The molecule has 0 spiro atoms. The van der Waals surface area contributed by atoms with Gasteiger partial charge in [0, 0.05) is 0 Å². The maximum atomic E-state index is 4.80. The van der Waals surface area contributed by atoms with Gasteiger partial charge >= 0.3 is 33.3 Å². The van der Waals surface area contributed by atoms with Crippen molar-refractivity contribution in [3.05, 3.63) is 0 Å². The Morgan fingerprint density at radius 3 is 0.500 bits per heavy atom. The Hall–Kier alpha value is 0.819. The fraction of sp³-hybridized carbons (Fsp3) is 0. The molecule has 10 heteroatoms. The summed E-state index contributed by atoms with van der Waals surface area (Å²) in [4.78, 5) is 0. The van der Waals surface area contributed by atoms with Gasteiger partial charge in [-0.1, -0.05) is 0 Å². The van der Waals surface area contributed by atoms with E-state index < -0.39 is 0 Å². The summed E-state index contributed by atoms with van der Waals surface area (Å²) in [7, 11) is 9.59. The van der Waals surface area contributed by atoms with Crippen molar-refractivity contribution in [3.63, 3.8) is 0 Å². The molecule has 0 amide bonds. The molecule has 10 heavy (non-hydrogen) atoms. The van der Waals surface area contributed by atoms with Gasteiger partial charge in [-0.3, -0.25) is 0 Å². The SMILES string of the molecule is O.O.O.O.O.O.O.[Cl][Mn][Cl]. The first-order chi connectivity index (χ1) is 1.41. The van der Waals surface area contributed by atoms with Crippen LogP contribution in [0.15, 0.2) is 0 Å². The van der Waals surface area contributed by atoms with Crippen molar-refractivity contribution in [1.82, 2.24) is 0 Å². The standard InChI is InChI=1S/2ClH.Mn.7H2O/h2*1H;;7*1H2/q;;+2;;;;;;;/p-2. The number of hydrogen-bond acceptors (Lipinski definition) is 0. The van der Waals surface area contributed by atoms with E-state index >= 15 is 0 Å². The van der Waals surface area contributed by atoms with E-state index in [0.717, 1.165) is 0 Å². The van der Waals surface area contributed by atoms with Gasteiger partial charge < -0.3 is 38.3 Å². The van der Waals surface area contributed by atoms with Crippen LogP contribution < -0.4 is 0 Å². The summed E-state index contributed by atoms with van der Waals surface area (Å²) in [5.41, 5.74) is 0. The van der Waals surface area contributed by atoms with Crippen molar-refractivity contribution in [2.24, 2.45) is 0 Å². The van der Waals surface area contributed by atoms with Gasteiger partial charge in [0.1, 0.15) is 0 Å². The second kappa shape index (κ2) is 231. The van der Waals surface area contributed by atoms with Crippen LogP contribution in [0.3, 0.4) is 0 Å². The van der Waals surface area contributed by atoms with Crippen molar-refractivity contribution in [1.29, 1.82) is 0 Å². The van der Waals surface area contributed by atoms with Gasteiger partial charge in [-0.25, -0.2) is 0 Å². The van der Waals surface area contributed by atoms with Crippen molar-refractivity contribution in [2.75, 3.05) is 0 Å². The molecule has 0 rings (SSSR count). The molecule has 0 heterocycles. The number of rotatable bonds is 0. The van der Waals surface area contributed by atoms with Gasteiger partial charge in [-0.05, 0) is 0 Å². The molecule has 77 valence electrons. The molecule has 14 N–H and O–H groups in total. The van der Waals surface area contributed by atoms with Crippen LogP contribution in [0.5, 0.6) is 0 Å². The summed E-state index contributed by atoms with van der Waals surface area (Å²) in [5, 5.41) is 0. The third-order valence-electron chi connectivity index (χ3n) is 0. The van der Waals surface area contributed by atoms with Crippen LogP contribution >= 0.6 is 20.2 Å². The average Bonchev–Trinajstić information content (AvgIpc) is 0.918. The van der Waals surface area contributed by atoms with Crippen LogP contribution in [-0.4, -0.2) is 38.3 Å². The molecule has 0 saturated carbocycles. The van der Waals surface area contributed by atoms with E-state index in [-0.39, 0.29) is 51.5 Å². The molecule has 0 aliphatic carbocycles. The Morgan fingerprint density at radius 2 is 0.500 bits per heavy atom. The molecule has 0 aromatic heterocycles. The van der Waals surface area contributed by atoms with Crippen LogP contribution in [0.25, 0.3) is 0 Å². The van der Waals surface area contributed by atoms with E-state index in [9.17, 15) is 0 Å². The Labute approximate surface area is 72.1 Å². The first-order valence-electron chi connectivity index (χ1n) is 0.286. The van der Waals surface area contributed by atoms with Gasteiger partial charge in [0.25, 0.3) is 0 Å². The Bertz CT molecular complexity index is 11.6. The first-order valence-corrected chi connectivity index (χ1v) is 3.53. The van der Waals surface area contributed by atoms with E-state index in [2.05, 4.69) is 0 Å². The quantitative estimate of drug-likeness (QED) is 0.372. The minimum atomic E-state index is 0. The van der Waals surface area contributed by atoms with E-state index in [4.69, 9.17) is 20.2 Å². The summed E-state index contributed by atoms with van der Waals surface area (Å²) in [6, 6.07) is 0. The molecular weight excluding hydrogens is 238 g/mol. The molecule has 0 atom stereocenters. The predicted molar refractivity (Wildman–Crippen MR) is 37.0 cm³/mol. The van der Waals surface area contributed by atoms with Gasteiger partial charge in [0.05, 0.1) is 0 Å². The summed E-state index contributed by atoms with van der Waals surface area (Å²) in [6.07, 6.45) is 0. The van der Waals surface area contributed by atoms with Crippen LogP contribution in [0, 0.1) is 0 Å². The van der Waals surface area contributed by atoms with Crippen LogP contribution in [0.2, 0.25) is 0 Å². The van der Waals surface area contributed by atoms with E-state index in [1.54, 1.807) is 0 Å². The second-order valence-electron chi connectivity index (χ2n) is 0.0540. The Balaban J connectivity index is -0.000000000952. The van der Waals surface area contributed by atoms with E-state index in [1.165, 1.54) is 0 Å². The monoisotopic (exact) mass is 251 g/mol. The fourth-order valence-corrected chi connectivity index (χ4v) is 0. The van der Waals surface area contributed by atoms with Crippen LogP contribution in [0.4, 0.5) is 0 Å². The third-order valence-corrected chi connectivity index (χ3v) is 0. The molecule has 0 saturated heterocycles. The van der Waals surface area contributed by atoms with Crippen LogP contribution in [0.1, 0.15) is 0 Å². The molecule has 0 unspecified atom stereocenters. The van der Waals surface area contributed by atoms with Gasteiger partial charge in [-0.2, -0.15) is 0 Å². The molecule has 7 nitrogen and oxygen atoms in total. The minimum absolute atomic E-state index is 0. The molecule has 0 bridgehead atoms. The summed E-state index contributed by atoms with van der Waals surface area (Å²) < 4.78 is 0. The Kier molecular flexibility index (Phi) is 3030. The molecule has 0 fully saturated rings. The molecule has 0 aromatic rings. The summed E-state index contributed by atoms with van der Waals surface area (Å²) >= 11 is 0.00694. The average molecular weight is 252 g/mol. The zero-order valence-corrected chi connectivity index (χ0v) is 7.33. The zero-order chi connectivity index (χ0) is 2.71. The normalized spacial score (nSPS) is 1.80. The molecule has 0 aliphatic rings. The summed E-state index contributed by atoms with van der Waals surface area (Å²) in [6.45, 7) is 0. The van der Waals surface area contributed by atoms with Crippen molar-refractivity contribution >= 4 is 20.2 Å². The van der Waals surface area contributed by atoms with Gasteiger partial charge in [0.15, 0.2) is 0 Å². The topological polar surface area (TPSA) is 220 Å². The maximum absolute atomic E-state index is 4.80. The summed E-state index contributed by atoms with van der Waals surface area (Å²) in [5.74, 6) is 0. The number of hydrogen-bond donors (Lipinski definition) is 0. The second-order valence-corrected chi connectivity index (χ2v) is 2.00. The van der Waals surface area contributed by atoms with E-state index in [1.807, 2.05) is 0 Å². The molecule has 0 aromatic carbocycles. The third kappa shape index (κ3) is 803.